The number of fused-ring (bicyclic) bond motifs is 1. The number of amides is 1. The SMILES string of the molecule is CN1C[C@H]2C[C@@H](N(C)Cc3nnc(-c4cccnc4)o3)C[C@H]2CC1=O. The molecule has 3 atom stereocenters. The fourth-order valence-electron chi connectivity index (χ4n) is 4.11. The minimum absolute atomic E-state index is 0.280. The maximum Gasteiger partial charge on any atom is 0.249 e. The monoisotopic (exact) mass is 341 g/mol. The summed E-state index contributed by atoms with van der Waals surface area (Å²) in [5.74, 6) is 2.53. The first-order chi connectivity index (χ1) is 12.1. The molecule has 0 N–H and O–H groups in total. The van der Waals surface area contributed by atoms with Crippen LogP contribution in [0.15, 0.2) is 28.9 Å². The second-order valence-electron chi connectivity index (χ2n) is 7.28. The van der Waals surface area contributed by atoms with Crippen molar-refractivity contribution in [1.29, 1.82) is 0 Å². The number of rotatable bonds is 4. The molecule has 1 amide bonds. The van der Waals surface area contributed by atoms with Crippen molar-refractivity contribution in [3.63, 3.8) is 0 Å². The van der Waals surface area contributed by atoms with Gasteiger partial charge >= 0.3 is 0 Å². The number of carbonyl (C=O) groups excluding carboxylic acids is 1. The highest BCUT2D eigenvalue weighted by molar-refractivity contribution is 5.77. The van der Waals surface area contributed by atoms with E-state index >= 15 is 0 Å². The summed E-state index contributed by atoms with van der Waals surface area (Å²) in [7, 11) is 4.01. The number of carbonyl (C=O) groups is 1. The van der Waals surface area contributed by atoms with Crippen molar-refractivity contribution in [2.75, 3.05) is 20.6 Å². The van der Waals surface area contributed by atoms with Crippen LogP contribution in [-0.4, -0.2) is 57.6 Å². The van der Waals surface area contributed by atoms with Gasteiger partial charge in [0.2, 0.25) is 17.7 Å². The predicted molar refractivity (Wildman–Crippen MR) is 91.3 cm³/mol. The number of hydrogen-bond acceptors (Lipinski definition) is 6. The minimum atomic E-state index is 0.280. The van der Waals surface area contributed by atoms with Crippen molar-refractivity contribution in [3.05, 3.63) is 30.4 Å². The molecule has 4 rings (SSSR count). The van der Waals surface area contributed by atoms with Crippen molar-refractivity contribution < 1.29 is 9.21 Å². The first-order valence-electron chi connectivity index (χ1n) is 8.77. The van der Waals surface area contributed by atoms with Crippen LogP contribution in [0, 0.1) is 11.8 Å². The van der Waals surface area contributed by atoms with Gasteiger partial charge in [-0.25, -0.2) is 0 Å². The molecule has 2 aliphatic rings. The molecule has 25 heavy (non-hydrogen) atoms. The molecule has 1 saturated carbocycles. The van der Waals surface area contributed by atoms with E-state index in [1.165, 1.54) is 0 Å². The van der Waals surface area contributed by atoms with E-state index in [1.807, 2.05) is 24.1 Å². The lowest BCUT2D eigenvalue weighted by Crippen LogP contribution is -2.39. The van der Waals surface area contributed by atoms with Crippen LogP contribution in [0.1, 0.15) is 25.2 Å². The summed E-state index contributed by atoms with van der Waals surface area (Å²) >= 11 is 0. The van der Waals surface area contributed by atoms with E-state index in [2.05, 4.69) is 27.1 Å². The maximum absolute atomic E-state index is 11.9. The molecular formula is C18H23N5O2. The van der Waals surface area contributed by atoms with Crippen LogP contribution in [0.4, 0.5) is 0 Å². The van der Waals surface area contributed by atoms with Crippen LogP contribution in [0.2, 0.25) is 0 Å². The van der Waals surface area contributed by atoms with Crippen LogP contribution in [-0.2, 0) is 11.3 Å². The van der Waals surface area contributed by atoms with Gasteiger partial charge in [0.05, 0.1) is 12.1 Å². The summed E-state index contributed by atoms with van der Waals surface area (Å²) in [6.07, 6.45) is 6.33. The molecule has 2 fully saturated rings. The Morgan fingerprint density at radius 3 is 2.96 bits per heavy atom. The van der Waals surface area contributed by atoms with E-state index in [0.29, 0.717) is 42.6 Å². The highest BCUT2D eigenvalue weighted by atomic mass is 16.4. The zero-order valence-electron chi connectivity index (χ0n) is 14.6. The number of nitrogens with zero attached hydrogens (tertiary/aromatic N) is 5. The Kier molecular flexibility index (Phi) is 4.25. The largest absolute Gasteiger partial charge is 0.419 e. The first kappa shape index (κ1) is 16.2. The molecule has 0 spiro atoms. The summed E-state index contributed by atoms with van der Waals surface area (Å²) in [4.78, 5) is 20.2. The highest BCUT2D eigenvalue weighted by Crippen LogP contribution is 2.40. The molecule has 1 aliphatic heterocycles. The van der Waals surface area contributed by atoms with Crippen LogP contribution < -0.4 is 0 Å². The zero-order valence-corrected chi connectivity index (χ0v) is 14.6. The molecule has 7 heteroatoms. The van der Waals surface area contributed by atoms with Gasteiger partial charge in [-0.3, -0.25) is 14.7 Å². The third-order valence-corrected chi connectivity index (χ3v) is 5.57. The minimum Gasteiger partial charge on any atom is -0.419 e. The quantitative estimate of drug-likeness (QED) is 0.844. The van der Waals surface area contributed by atoms with Crippen LogP contribution in [0.5, 0.6) is 0 Å². The van der Waals surface area contributed by atoms with Crippen molar-refractivity contribution >= 4 is 5.91 Å². The summed E-state index contributed by atoms with van der Waals surface area (Å²) in [5.41, 5.74) is 0.831. The molecule has 0 bridgehead atoms. The Morgan fingerprint density at radius 2 is 2.16 bits per heavy atom. The average Bonchev–Trinajstić information content (AvgIpc) is 3.23. The summed E-state index contributed by atoms with van der Waals surface area (Å²) in [6.45, 7) is 1.51. The van der Waals surface area contributed by atoms with E-state index in [-0.39, 0.29) is 5.91 Å². The molecule has 0 unspecified atom stereocenters. The van der Waals surface area contributed by atoms with Crippen LogP contribution in [0.25, 0.3) is 11.5 Å². The van der Waals surface area contributed by atoms with Gasteiger partial charge in [0.1, 0.15) is 0 Å². The van der Waals surface area contributed by atoms with Crippen LogP contribution >= 0.6 is 0 Å². The maximum atomic E-state index is 11.9. The fraction of sp³-hybridized carbons (Fsp3) is 0.556. The third kappa shape index (κ3) is 3.28. The van der Waals surface area contributed by atoms with Gasteiger partial charge in [0, 0.05) is 38.4 Å². The summed E-state index contributed by atoms with van der Waals surface area (Å²) < 4.78 is 5.79. The van der Waals surface area contributed by atoms with Gasteiger partial charge in [-0.2, -0.15) is 0 Å². The van der Waals surface area contributed by atoms with Crippen molar-refractivity contribution in [3.8, 4) is 11.5 Å². The lowest BCUT2D eigenvalue weighted by Gasteiger charge is -2.31. The molecule has 1 aliphatic carbocycles. The van der Waals surface area contributed by atoms with Crippen molar-refractivity contribution in [2.45, 2.75) is 31.8 Å². The Morgan fingerprint density at radius 1 is 1.32 bits per heavy atom. The van der Waals surface area contributed by atoms with E-state index in [0.717, 1.165) is 24.9 Å². The Bertz CT molecular complexity index is 747. The highest BCUT2D eigenvalue weighted by Gasteiger charge is 2.41. The van der Waals surface area contributed by atoms with Gasteiger partial charge < -0.3 is 9.32 Å². The summed E-state index contributed by atoms with van der Waals surface area (Å²) in [6, 6.07) is 4.22. The van der Waals surface area contributed by atoms with Gasteiger partial charge in [0.15, 0.2) is 0 Å². The first-order valence-corrected chi connectivity index (χ1v) is 8.77. The van der Waals surface area contributed by atoms with E-state index in [9.17, 15) is 4.79 Å². The van der Waals surface area contributed by atoms with E-state index in [4.69, 9.17) is 4.42 Å². The Labute approximate surface area is 147 Å². The van der Waals surface area contributed by atoms with E-state index < -0.39 is 0 Å². The second kappa shape index (κ2) is 6.55. The van der Waals surface area contributed by atoms with Gasteiger partial charge in [-0.05, 0) is 43.9 Å². The number of pyridine rings is 1. The molecule has 3 heterocycles. The zero-order chi connectivity index (χ0) is 17.4. The predicted octanol–water partition coefficient (Wildman–Crippen LogP) is 1.82. The number of aromatic nitrogens is 3. The molecule has 0 radical (unpaired) electrons. The molecule has 2 aromatic rings. The normalized spacial score (nSPS) is 26.3. The third-order valence-electron chi connectivity index (χ3n) is 5.57. The number of piperidine rings is 1. The molecule has 2 aromatic heterocycles. The smallest absolute Gasteiger partial charge is 0.249 e. The standard InChI is InChI=1S/C18H23N5O2/c1-22(15-6-13-8-17(24)23(2)10-14(13)7-15)11-16-20-21-18(25-16)12-4-3-5-19-9-12/h3-5,9,13-15H,6-8,10-11H2,1-2H3/t13-,14+,15-/m0/s1. The van der Waals surface area contributed by atoms with Crippen LogP contribution in [0.3, 0.4) is 0 Å². The van der Waals surface area contributed by atoms with Gasteiger partial charge in [-0.1, -0.05) is 0 Å². The molecule has 7 nitrogen and oxygen atoms in total. The Balaban J connectivity index is 1.39. The number of likely N-dealkylation sites (tertiary alicyclic amines) is 1. The molecule has 1 saturated heterocycles. The molecular weight excluding hydrogens is 318 g/mol. The van der Waals surface area contributed by atoms with Gasteiger partial charge in [0.25, 0.3) is 0 Å². The molecule has 0 aromatic carbocycles. The fourth-order valence-corrected chi connectivity index (χ4v) is 4.11. The Hall–Kier alpha value is -2.28. The number of hydrogen-bond donors (Lipinski definition) is 0. The van der Waals surface area contributed by atoms with Crippen molar-refractivity contribution in [1.82, 2.24) is 25.0 Å². The van der Waals surface area contributed by atoms with E-state index in [1.54, 1.807) is 12.4 Å². The van der Waals surface area contributed by atoms with Crippen molar-refractivity contribution in [2.24, 2.45) is 11.8 Å². The van der Waals surface area contributed by atoms with Gasteiger partial charge in [-0.15, -0.1) is 10.2 Å². The lowest BCUT2D eigenvalue weighted by atomic mass is 9.88. The topological polar surface area (TPSA) is 75.4 Å². The molecule has 132 valence electrons. The average molecular weight is 341 g/mol. The second-order valence-corrected chi connectivity index (χ2v) is 7.28. The summed E-state index contributed by atoms with van der Waals surface area (Å²) in [5, 5.41) is 8.29. The lowest BCUT2D eigenvalue weighted by molar-refractivity contribution is -0.134.